The van der Waals surface area contributed by atoms with Gasteiger partial charge in [-0.05, 0) is 18.9 Å². The van der Waals surface area contributed by atoms with E-state index in [-0.39, 0.29) is 12.6 Å². The molecule has 116 valence electrons. The van der Waals surface area contributed by atoms with Gasteiger partial charge in [-0.2, -0.15) is 0 Å². The Balaban J connectivity index is 3.14. The lowest BCUT2D eigenvalue weighted by molar-refractivity contribution is 0.210. The van der Waals surface area contributed by atoms with Gasteiger partial charge >= 0.3 is 0 Å². The van der Waals surface area contributed by atoms with Crippen LogP contribution >= 0.6 is 0 Å². The van der Waals surface area contributed by atoms with Gasteiger partial charge in [0.15, 0.2) is 0 Å². The van der Waals surface area contributed by atoms with Crippen molar-refractivity contribution in [1.29, 1.82) is 0 Å². The van der Waals surface area contributed by atoms with Crippen molar-refractivity contribution in [3.8, 4) is 0 Å². The molecular weight excluding hydrogens is 234 g/mol. The van der Waals surface area contributed by atoms with Gasteiger partial charge in [-0.15, -0.1) is 0 Å². The summed E-state index contributed by atoms with van der Waals surface area (Å²) in [7, 11) is 0. The minimum Gasteiger partial charge on any atom is -0.395 e. The fourth-order valence-electron chi connectivity index (χ4n) is 2.41. The minimum atomic E-state index is 0.259. The Bertz CT molecular complexity index is 171. The number of aliphatic hydroxyl groups excluding tert-OH is 1. The van der Waals surface area contributed by atoms with Crippen LogP contribution in [0.15, 0.2) is 0 Å². The van der Waals surface area contributed by atoms with Gasteiger partial charge in [-0.1, -0.05) is 78.6 Å². The molecule has 2 nitrogen and oxygen atoms in total. The van der Waals surface area contributed by atoms with Gasteiger partial charge in [0.05, 0.1) is 6.61 Å². The molecule has 19 heavy (non-hydrogen) atoms. The van der Waals surface area contributed by atoms with Crippen LogP contribution in [0.4, 0.5) is 0 Å². The molecule has 0 heterocycles. The molecule has 0 aliphatic heterocycles. The van der Waals surface area contributed by atoms with Crippen molar-refractivity contribution in [3.05, 3.63) is 0 Å². The van der Waals surface area contributed by atoms with Crippen LogP contribution in [0.25, 0.3) is 0 Å². The summed E-state index contributed by atoms with van der Waals surface area (Å²) in [5, 5.41) is 12.6. The second-order valence-corrected chi connectivity index (χ2v) is 6.17. The van der Waals surface area contributed by atoms with Crippen molar-refractivity contribution in [2.45, 2.75) is 91.0 Å². The molecule has 0 fully saturated rings. The molecule has 0 aromatic heterocycles. The Kier molecular flexibility index (Phi) is 14.3. The van der Waals surface area contributed by atoms with E-state index < -0.39 is 0 Å². The first-order valence-corrected chi connectivity index (χ1v) is 8.56. The molecular formula is C17H37NO. The van der Waals surface area contributed by atoms with Gasteiger partial charge in [0, 0.05) is 6.04 Å². The van der Waals surface area contributed by atoms with Crippen LogP contribution in [0.1, 0.15) is 85.0 Å². The minimum absolute atomic E-state index is 0.259. The van der Waals surface area contributed by atoms with Gasteiger partial charge in [0.25, 0.3) is 0 Å². The predicted octanol–water partition coefficient (Wildman–Crippen LogP) is 4.51. The van der Waals surface area contributed by atoms with Crippen LogP contribution in [-0.4, -0.2) is 24.3 Å². The largest absolute Gasteiger partial charge is 0.395 e. The highest BCUT2D eigenvalue weighted by atomic mass is 16.3. The van der Waals surface area contributed by atoms with Gasteiger partial charge in [-0.3, -0.25) is 0 Å². The molecule has 0 amide bonds. The number of unbranched alkanes of at least 4 members (excludes halogenated alkanes) is 9. The maximum atomic E-state index is 9.20. The predicted molar refractivity (Wildman–Crippen MR) is 85.6 cm³/mol. The SMILES string of the molecule is CCCCCCCCCCCCNC(CO)C(C)C. The Hall–Kier alpha value is -0.0800. The molecule has 0 aromatic rings. The standard InChI is InChI=1S/C17H37NO/c1-4-5-6-7-8-9-10-11-12-13-14-18-17(15-19)16(2)3/h16-19H,4-15H2,1-3H3. The van der Waals surface area contributed by atoms with E-state index in [1.54, 1.807) is 0 Å². The maximum Gasteiger partial charge on any atom is 0.0587 e. The Morgan fingerprint density at radius 3 is 1.68 bits per heavy atom. The van der Waals surface area contributed by atoms with Crippen LogP contribution in [0.2, 0.25) is 0 Å². The van der Waals surface area contributed by atoms with E-state index >= 15 is 0 Å². The fraction of sp³-hybridized carbons (Fsp3) is 1.00. The fourth-order valence-corrected chi connectivity index (χ4v) is 2.41. The topological polar surface area (TPSA) is 32.3 Å². The molecule has 0 bridgehead atoms. The first-order chi connectivity index (χ1) is 9.22. The highest BCUT2D eigenvalue weighted by molar-refractivity contribution is 4.68. The summed E-state index contributed by atoms with van der Waals surface area (Å²) in [6, 6.07) is 0.276. The Labute approximate surface area is 121 Å². The van der Waals surface area contributed by atoms with Crippen LogP contribution < -0.4 is 5.32 Å². The van der Waals surface area contributed by atoms with Crippen molar-refractivity contribution in [3.63, 3.8) is 0 Å². The van der Waals surface area contributed by atoms with E-state index in [0.29, 0.717) is 5.92 Å². The molecule has 0 spiro atoms. The smallest absolute Gasteiger partial charge is 0.0587 e. The third-order valence-electron chi connectivity index (χ3n) is 3.94. The number of rotatable bonds is 14. The first-order valence-electron chi connectivity index (χ1n) is 8.56. The maximum absolute atomic E-state index is 9.20. The molecule has 0 aromatic carbocycles. The average molecular weight is 271 g/mol. The van der Waals surface area contributed by atoms with E-state index in [1.807, 2.05) is 0 Å². The summed E-state index contributed by atoms with van der Waals surface area (Å²) in [5.41, 5.74) is 0. The lowest BCUT2D eigenvalue weighted by Gasteiger charge is -2.19. The summed E-state index contributed by atoms with van der Waals surface area (Å²) >= 11 is 0. The molecule has 1 atom stereocenters. The van der Waals surface area contributed by atoms with E-state index in [2.05, 4.69) is 26.1 Å². The summed E-state index contributed by atoms with van der Waals surface area (Å²) in [4.78, 5) is 0. The molecule has 0 saturated carbocycles. The van der Waals surface area contributed by atoms with Crippen molar-refractivity contribution in [1.82, 2.24) is 5.32 Å². The normalized spacial score (nSPS) is 13.1. The van der Waals surface area contributed by atoms with Gasteiger partial charge in [0.1, 0.15) is 0 Å². The molecule has 0 rings (SSSR count). The van der Waals surface area contributed by atoms with E-state index in [4.69, 9.17) is 0 Å². The van der Waals surface area contributed by atoms with Gasteiger partial charge < -0.3 is 10.4 Å². The lowest BCUT2D eigenvalue weighted by atomic mass is 10.0. The van der Waals surface area contributed by atoms with Gasteiger partial charge in [0.2, 0.25) is 0 Å². The monoisotopic (exact) mass is 271 g/mol. The van der Waals surface area contributed by atoms with Crippen LogP contribution in [0, 0.1) is 5.92 Å². The number of aliphatic hydroxyl groups is 1. The highest BCUT2D eigenvalue weighted by Gasteiger charge is 2.09. The molecule has 2 N–H and O–H groups in total. The molecule has 0 aliphatic carbocycles. The van der Waals surface area contributed by atoms with Crippen molar-refractivity contribution < 1.29 is 5.11 Å². The quantitative estimate of drug-likeness (QED) is 0.455. The van der Waals surface area contributed by atoms with Crippen LogP contribution in [0.3, 0.4) is 0 Å². The first kappa shape index (κ1) is 18.9. The van der Waals surface area contributed by atoms with Gasteiger partial charge in [-0.25, -0.2) is 0 Å². The van der Waals surface area contributed by atoms with Crippen LogP contribution in [0.5, 0.6) is 0 Å². The second kappa shape index (κ2) is 14.3. The van der Waals surface area contributed by atoms with Crippen LogP contribution in [-0.2, 0) is 0 Å². The lowest BCUT2D eigenvalue weighted by Crippen LogP contribution is -2.37. The summed E-state index contributed by atoms with van der Waals surface area (Å²) in [5.74, 6) is 0.521. The summed E-state index contributed by atoms with van der Waals surface area (Å²) in [6.07, 6.45) is 13.8. The van der Waals surface area contributed by atoms with E-state index in [1.165, 1.54) is 64.2 Å². The average Bonchev–Trinajstić information content (AvgIpc) is 2.40. The second-order valence-electron chi connectivity index (χ2n) is 6.17. The number of hydrogen-bond acceptors (Lipinski definition) is 2. The van der Waals surface area contributed by atoms with E-state index in [0.717, 1.165) is 6.54 Å². The zero-order valence-corrected chi connectivity index (χ0v) is 13.6. The van der Waals surface area contributed by atoms with Crippen molar-refractivity contribution >= 4 is 0 Å². The molecule has 0 aliphatic rings. The number of hydrogen-bond donors (Lipinski definition) is 2. The highest BCUT2D eigenvalue weighted by Crippen LogP contribution is 2.10. The third-order valence-corrected chi connectivity index (χ3v) is 3.94. The Morgan fingerprint density at radius 1 is 0.789 bits per heavy atom. The molecule has 0 saturated heterocycles. The molecule has 1 unspecified atom stereocenters. The zero-order chi connectivity index (χ0) is 14.3. The summed E-state index contributed by atoms with van der Waals surface area (Å²) < 4.78 is 0. The Morgan fingerprint density at radius 2 is 1.26 bits per heavy atom. The zero-order valence-electron chi connectivity index (χ0n) is 13.6. The van der Waals surface area contributed by atoms with E-state index in [9.17, 15) is 5.11 Å². The summed E-state index contributed by atoms with van der Waals surface area (Å²) in [6.45, 7) is 7.91. The molecule has 0 radical (unpaired) electrons. The third kappa shape index (κ3) is 12.7. The van der Waals surface area contributed by atoms with Crippen molar-refractivity contribution in [2.24, 2.45) is 5.92 Å². The van der Waals surface area contributed by atoms with Crippen molar-refractivity contribution in [2.75, 3.05) is 13.2 Å². The number of nitrogens with one attached hydrogen (secondary N) is 1. The molecule has 2 heteroatoms.